The van der Waals surface area contributed by atoms with Crippen LogP contribution in [0.4, 0.5) is 0 Å². The Balaban J connectivity index is 1.21. The molecule has 272 valence electrons. The summed E-state index contributed by atoms with van der Waals surface area (Å²) in [5, 5.41) is 0. The minimum absolute atomic E-state index is 0.119. The minimum atomic E-state index is -0.636. The molecule has 0 saturated carbocycles. The van der Waals surface area contributed by atoms with E-state index in [0.717, 1.165) is 28.1 Å². The summed E-state index contributed by atoms with van der Waals surface area (Å²) >= 11 is 0. The van der Waals surface area contributed by atoms with Crippen molar-refractivity contribution in [1.82, 2.24) is 9.97 Å². The first kappa shape index (κ1) is 33.0. The van der Waals surface area contributed by atoms with Crippen LogP contribution in [0.3, 0.4) is 0 Å². The maximum atomic E-state index is 5.34. The molecule has 2 nitrogen and oxygen atoms in total. The zero-order valence-electron chi connectivity index (χ0n) is 32.4. The first-order valence-corrected chi connectivity index (χ1v) is 20.2. The van der Waals surface area contributed by atoms with Gasteiger partial charge >= 0.3 is 0 Å². The molecule has 0 aliphatic heterocycles. The number of benzene rings is 8. The van der Waals surface area contributed by atoms with E-state index in [1.165, 1.54) is 77.9 Å². The Morgan fingerprint density at radius 1 is 0.293 bits per heavy atom. The summed E-state index contributed by atoms with van der Waals surface area (Å²) in [6, 6.07) is 71.4. The second-order valence-electron chi connectivity index (χ2n) is 16.5. The molecule has 1 unspecified atom stereocenters. The maximum absolute atomic E-state index is 5.34. The van der Waals surface area contributed by atoms with E-state index >= 15 is 0 Å². The molecule has 58 heavy (non-hydrogen) atoms. The van der Waals surface area contributed by atoms with Crippen LogP contribution in [0.25, 0.3) is 78.4 Å². The molecule has 0 N–H and O–H groups in total. The summed E-state index contributed by atoms with van der Waals surface area (Å²) < 4.78 is 0. The molecule has 12 rings (SSSR count). The van der Waals surface area contributed by atoms with Gasteiger partial charge in [-0.2, -0.15) is 0 Å². The van der Waals surface area contributed by atoms with Crippen molar-refractivity contribution in [3.63, 3.8) is 0 Å². The lowest BCUT2D eigenvalue weighted by Gasteiger charge is -2.36. The van der Waals surface area contributed by atoms with Crippen LogP contribution in [0.2, 0.25) is 0 Å². The Bertz CT molecular complexity index is 3080. The van der Waals surface area contributed by atoms with Crippen molar-refractivity contribution in [2.24, 2.45) is 0 Å². The van der Waals surface area contributed by atoms with E-state index in [-0.39, 0.29) is 5.41 Å². The van der Waals surface area contributed by atoms with Crippen LogP contribution < -0.4 is 0 Å². The van der Waals surface area contributed by atoms with Crippen LogP contribution >= 0.6 is 0 Å². The van der Waals surface area contributed by atoms with Crippen LogP contribution in [-0.2, 0) is 10.8 Å². The van der Waals surface area contributed by atoms with Gasteiger partial charge in [-0.3, -0.25) is 0 Å². The molecule has 0 bridgehead atoms. The molecule has 0 amide bonds. The molecule has 0 saturated heterocycles. The molecule has 1 aromatic heterocycles. The van der Waals surface area contributed by atoms with E-state index < -0.39 is 5.41 Å². The molecule has 3 aliphatic rings. The Morgan fingerprint density at radius 2 is 0.707 bits per heavy atom. The third kappa shape index (κ3) is 4.49. The van der Waals surface area contributed by atoms with Gasteiger partial charge in [0, 0.05) is 22.1 Å². The van der Waals surface area contributed by atoms with E-state index in [2.05, 4.69) is 208 Å². The Kier molecular flexibility index (Phi) is 6.93. The molecule has 1 atom stereocenters. The smallest absolute Gasteiger partial charge is 0.160 e. The Morgan fingerprint density at radius 3 is 1.29 bits per heavy atom. The zero-order chi connectivity index (χ0) is 38.6. The molecular formula is C56H38N2. The normalized spacial score (nSPS) is 16.0. The summed E-state index contributed by atoms with van der Waals surface area (Å²) in [4.78, 5) is 10.7. The van der Waals surface area contributed by atoms with Gasteiger partial charge in [0.2, 0.25) is 0 Å². The Labute approximate surface area is 339 Å². The third-order valence-electron chi connectivity index (χ3n) is 13.1. The molecule has 9 aromatic rings. The molecule has 3 aliphatic carbocycles. The lowest BCUT2D eigenvalue weighted by atomic mass is 9.65. The quantitative estimate of drug-likeness (QED) is 0.180. The van der Waals surface area contributed by atoms with Crippen LogP contribution in [0, 0.1) is 0 Å². The van der Waals surface area contributed by atoms with E-state index in [9.17, 15) is 0 Å². The zero-order valence-corrected chi connectivity index (χ0v) is 32.4. The maximum Gasteiger partial charge on any atom is 0.160 e. The van der Waals surface area contributed by atoms with Crippen LogP contribution in [0.15, 0.2) is 194 Å². The van der Waals surface area contributed by atoms with E-state index in [4.69, 9.17) is 9.97 Å². The predicted octanol–water partition coefficient (Wildman–Crippen LogP) is 13.8. The molecule has 2 heteroatoms. The largest absolute Gasteiger partial charge is 0.228 e. The topological polar surface area (TPSA) is 25.8 Å². The second kappa shape index (κ2) is 12.2. The summed E-state index contributed by atoms with van der Waals surface area (Å²) in [6.07, 6.45) is 0. The van der Waals surface area contributed by atoms with Gasteiger partial charge in [-0.25, -0.2) is 9.97 Å². The third-order valence-corrected chi connectivity index (χ3v) is 13.1. The molecule has 0 radical (unpaired) electrons. The van der Waals surface area contributed by atoms with Gasteiger partial charge in [0.15, 0.2) is 5.82 Å². The molecule has 8 aromatic carbocycles. The summed E-state index contributed by atoms with van der Waals surface area (Å²) in [5.41, 5.74) is 22.3. The van der Waals surface area contributed by atoms with E-state index in [1.807, 2.05) is 0 Å². The summed E-state index contributed by atoms with van der Waals surface area (Å²) in [6.45, 7) is 4.76. The van der Waals surface area contributed by atoms with Gasteiger partial charge in [-0.15, -0.1) is 0 Å². The van der Waals surface area contributed by atoms with Gasteiger partial charge in [0.1, 0.15) is 0 Å². The number of fused-ring (bicyclic) bond motifs is 15. The average Bonchev–Trinajstić information content (AvgIpc) is 3.66. The van der Waals surface area contributed by atoms with Crippen LogP contribution in [0.5, 0.6) is 0 Å². The standard InChI is InChI=1S/C56H38N2/c1-55(2)46-26-14-11-24-41(46)44-33-51-45(32-49(44)55)42-25-13-16-28-48(42)56(51)47-27-15-12-23-40(47)38-21-9-10-22-39(38)43-30-29-37(31-50(43)56)54-57-52(35-17-5-3-6-18-35)34-53(58-54)36-19-7-4-8-20-36/h3-34H,1-2H3. The SMILES string of the molecule is CC1(C)c2ccccc2-c2cc3c(cc21)-c1ccccc1C31c2ccccc2-c2ccccc2-c2ccc(-c3nc(-c4ccccc4)cc(-c4ccccc4)n3)cc21. The molecule has 1 spiro atoms. The van der Waals surface area contributed by atoms with E-state index in [1.54, 1.807) is 0 Å². The number of nitrogens with zero attached hydrogens (tertiary/aromatic N) is 2. The van der Waals surface area contributed by atoms with Crippen molar-refractivity contribution < 1.29 is 0 Å². The molecule has 1 heterocycles. The highest BCUT2D eigenvalue weighted by Crippen LogP contribution is 2.64. The van der Waals surface area contributed by atoms with Crippen LogP contribution in [-0.4, -0.2) is 9.97 Å². The van der Waals surface area contributed by atoms with Crippen molar-refractivity contribution in [3.05, 3.63) is 228 Å². The first-order chi connectivity index (χ1) is 28.5. The summed E-state index contributed by atoms with van der Waals surface area (Å²) in [7, 11) is 0. The van der Waals surface area contributed by atoms with Crippen molar-refractivity contribution >= 4 is 0 Å². The fraction of sp³-hybridized carbons (Fsp3) is 0.0714. The Hall–Kier alpha value is -7.16. The van der Waals surface area contributed by atoms with Crippen LogP contribution in [0.1, 0.15) is 47.2 Å². The van der Waals surface area contributed by atoms with Gasteiger partial charge in [0.05, 0.1) is 16.8 Å². The van der Waals surface area contributed by atoms with Crippen molar-refractivity contribution in [3.8, 4) is 78.4 Å². The number of hydrogen-bond acceptors (Lipinski definition) is 2. The minimum Gasteiger partial charge on any atom is -0.228 e. The highest BCUT2D eigenvalue weighted by atomic mass is 14.9. The molecule has 0 fully saturated rings. The lowest BCUT2D eigenvalue weighted by Crippen LogP contribution is -2.29. The van der Waals surface area contributed by atoms with Crippen molar-refractivity contribution in [2.75, 3.05) is 0 Å². The van der Waals surface area contributed by atoms with Gasteiger partial charge in [-0.1, -0.05) is 184 Å². The number of rotatable bonds is 3. The number of hydrogen-bond donors (Lipinski definition) is 0. The fourth-order valence-electron chi connectivity index (χ4n) is 10.5. The lowest BCUT2D eigenvalue weighted by molar-refractivity contribution is 0.660. The van der Waals surface area contributed by atoms with Gasteiger partial charge in [0.25, 0.3) is 0 Å². The first-order valence-electron chi connectivity index (χ1n) is 20.2. The van der Waals surface area contributed by atoms with Crippen molar-refractivity contribution in [1.29, 1.82) is 0 Å². The highest BCUT2D eigenvalue weighted by molar-refractivity contribution is 5.99. The second-order valence-corrected chi connectivity index (χ2v) is 16.5. The predicted molar refractivity (Wildman–Crippen MR) is 238 cm³/mol. The van der Waals surface area contributed by atoms with Crippen molar-refractivity contribution in [2.45, 2.75) is 24.7 Å². The fourth-order valence-corrected chi connectivity index (χ4v) is 10.5. The summed E-state index contributed by atoms with van der Waals surface area (Å²) in [5.74, 6) is 0.708. The highest BCUT2D eigenvalue weighted by Gasteiger charge is 2.51. The monoisotopic (exact) mass is 738 g/mol. The van der Waals surface area contributed by atoms with Gasteiger partial charge in [-0.05, 0) is 102 Å². The average molecular weight is 739 g/mol. The van der Waals surface area contributed by atoms with E-state index in [0.29, 0.717) is 5.82 Å². The molecular weight excluding hydrogens is 701 g/mol. The number of aromatic nitrogens is 2. The van der Waals surface area contributed by atoms with Gasteiger partial charge < -0.3 is 0 Å².